The van der Waals surface area contributed by atoms with Crippen LogP contribution in [0, 0.1) is 0 Å². The standard InChI is InChI=1S/C12H9Br2N3O3S.BrH/c13-6-1-5-2-7(9(18)4-21-12(15)17-16)11(19)20-10(5)8(14)3-6;/h1-3H,4,16H2,(H2,15,17);1H. The Hall–Kier alpha value is -0.840. The first-order valence-electron chi connectivity index (χ1n) is 5.54. The average molecular weight is 516 g/mol. The highest BCUT2D eigenvalue weighted by atomic mass is 79.9. The van der Waals surface area contributed by atoms with E-state index >= 15 is 0 Å². The van der Waals surface area contributed by atoms with Crippen molar-refractivity contribution in [2.45, 2.75) is 0 Å². The molecule has 0 radical (unpaired) electrons. The number of thioether (sulfide) groups is 1. The number of hydrogen-bond donors (Lipinski definition) is 2. The second-order valence-corrected chi connectivity index (χ2v) is 6.70. The summed E-state index contributed by atoms with van der Waals surface area (Å²) >= 11 is 7.60. The van der Waals surface area contributed by atoms with Crippen LogP contribution in [0.3, 0.4) is 0 Å². The maximum Gasteiger partial charge on any atom is 0.347 e. The second kappa shape index (κ2) is 8.14. The molecule has 0 aliphatic rings. The number of Topliss-reactive ketones (excluding diaryl/α,β-unsaturated/α-hetero) is 1. The zero-order valence-corrected chi connectivity index (χ0v) is 16.5. The van der Waals surface area contributed by atoms with Crippen LogP contribution in [0.5, 0.6) is 0 Å². The Morgan fingerprint density at radius 1 is 1.32 bits per heavy atom. The van der Waals surface area contributed by atoms with Gasteiger partial charge >= 0.3 is 5.63 Å². The average Bonchev–Trinajstić information content (AvgIpc) is 2.44. The highest BCUT2D eigenvalue weighted by Gasteiger charge is 2.16. The number of carbonyl (C=O) groups is 1. The number of carbonyl (C=O) groups excluding carboxylic acids is 1. The maximum atomic E-state index is 12.0. The molecule has 0 spiro atoms. The van der Waals surface area contributed by atoms with E-state index in [0.717, 1.165) is 16.2 Å². The molecular weight excluding hydrogens is 506 g/mol. The van der Waals surface area contributed by atoms with Crippen molar-refractivity contribution in [1.82, 2.24) is 0 Å². The lowest BCUT2D eigenvalue weighted by Crippen LogP contribution is -2.18. The van der Waals surface area contributed by atoms with Crippen molar-refractivity contribution < 1.29 is 9.21 Å². The third-order valence-corrected chi connectivity index (χ3v) is 4.38. The van der Waals surface area contributed by atoms with E-state index in [1.807, 2.05) is 0 Å². The highest BCUT2D eigenvalue weighted by Crippen LogP contribution is 2.28. The fraction of sp³-hybridized carbons (Fsp3) is 0.0833. The number of halogens is 3. The smallest absolute Gasteiger partial charge is 0.347 e. The van der Waals surface area contributed by atoms with Crippen LogP contribution in [0.25, 0.3) is 11.0 Å². The van der Waals surface area contributed by atoms with E-state index in [-0.39, 0.29) is 33.5 Å². The van der Waals surface area contributed by atoms with E-state index in [9.17, 15) is 9.59 Å². The van der Waals surface area contributed by atoms with Gasteiger partial charge in [-0.2, -0.15) is 5.10 Å². The minimum absolute atomic E-state index is 0. The van der Waals surface area contributed by atoms with Gasteiger partial charge in [0.05, 0.1) is 10.2 Å². The van der Waals surface area contributed by atoms with Gasteiger partial charge in [-0.25, -0.2) is 4.79 Å². The molecular formula is C12H10Br3N3O3S. The molecule has 22 heavy (non-hydrogen) atoms. The molecule has 6 nitrogen and oxygen atoms in total. The van der Waals surface area contributed by atoms with Crippen molar-refractivity contribution in [3.63, 3.8) is 0 Å². The monoisotopic (exact) mass is 513 g/mol. The summed E-state index contributed by atoms with van der Waals surface area (Å²) in [6, 6.07) is 5.00. The summed E-state index contributed by atoms with van der Waals surface area (Å²) in [4.78, 5) is 24.0. The number of amidine groups is 1. The van der Waals surface area contributed by atoms with E-state index in [0.29, 0.717) is 15.4 Å². The number of benzene rings is 1. The van der Waals surface area contributed by atoms with Crippen molar-refractivity contribution in [1.29, 1.82) is 0 Å². The molecule has 0 aliphatic heterocycles. The number of hydrazone groups is 1. The number of hydrogen-bond acceptors (Lipinski definition) is 6. The lowest BCUT2D eigenvalue weighted by atomic mass is 10.1. The summed E-state index contributed by atoms with van der Waals surface area (Å²) in [7, 11) is 0. The maximum absolute atomic E-state index is 12.0. The first kappa shape index (κ1) is 19.2. The predicted octanol–water partition coefficient (Wildman–Crippen LogP) is 3.00. The van der Waals surface area contributed by atoms with Gasteiger partial charge < -0.3 is 16.0 Å². The highest BCUT2D eigenvalue weighted by molar-refractivity contribution is 9.11. The van der Waals surface area contributed by atoms with E-state index in [1.54, 1.807) is 12.1 Å². The van der Waals surface area contributed by atoms with Gasteiger partial charge in [0.15, 0.2) is 16.5 Å². The molecule has 0 amide bonds. The molecule has 2 aromatic rings. The Balaban J connectivity index is 0.00000242. The molecule has 10 heteroatoms. The lowest BCUT2D eigenvalue weighted by molar-refractivity contribution is 0.101. The van der Waals surface area contributed by atoms with Crippen molar-refractivity contribution in [2.75, 3.05) is 5.75 Å². The van der Waals surface area contributed by atoms with Gasteiger partial charge in [-0.1, -0.05) is 27.7 Å². The number of nitrogens with two attached hydrogens (primary N) is 2. The number of nitrogens with zero attached hydrogens (tertiary/aromatic N) is 1. The van der Waals surface area contributed by atoms with Crippen LogP contribution in [0.1, 0.15) is 10.4 Å². The molecule has 0 aliphatic carbocycles. The number of ketones is 1. The van der Waals surface area contributed by atoms with E-state index < -0.39 is 11.4 Å². The zero-order valence-electron chi connectivity index (χ0n) is 10.8. The Morgan fingerprint density at radius 2 is 2.00 bits per heavy atom. The van der Waals surface area contributed by atoms with E-state index in [1.165, 1.54) is 6.07 Å². The van der Waals surface area contributed by atoms with Crippen LogP contribution in [0.15, 0.2) is 41.5 Å². The SMILES string of the molecule is Br.N/N=C(\N)SCC(=O)c1cc2cc(Br)cc(Br)c2oc1=O. The van der Waals surface area contributed by atoms with Crippen molar-refractivity contribution >= 4 is 82.5 Å². The van der Waals surface area contributed by atoms with Gasteiger partial charge in [0.25, 0.3) is 0 Å². The molecule has 1 aromatic carbocycles. The Bertz CT molecular complexity index is 807. The third kappa shape index (κ3) is 4.34. The van der Waals surface area contributed by atoms with Crippen LogP contribution < -0.4 is 17.2 Å². The number of fused-ring (bicyclic) bond motifs is 1. The second-order valence-electron chi connectivity index (χ2n) is 3.93. The van der Waals surface area contributed by atoms with Crippen LogP contribution in [-0.2, 0) is 0 Å². The molecule has 0 bridgehead atoms. The topological polar surface area (TPSA) is 112 Å². The summed E-state index contributed by atoms with van der Waals surface area (Å²) < 4.78 is 6.61. The van der Waals surface area contributed by atoms with Gasteiger partial charge in [-0.15, -0.1) is 17.0 Å². The van der Waals surface area contributed by atoms with Gasteiger partial charge in [0.2, 0.25) is 0 Å². The van der Waals surface area contributed by atoms with Crippen molar-refractivity contribution in [3.8, 4) is 0 Å². The molecule has 1 heterocycles. The molecule has 118 valence electrons. The molecule has 2 rings (SSSR count). The Kier molecular flexibility index (Phi) is 7.10. The minimum Gasteiger partial charge on any atom is -0.421 e. The molecule has 0 saturated heterocycles. The molecule has 0 saturated carbocycles. The summed E-state index contributed by atoms with van der Waals surface area (Å²) in [5.41, 5.74) is 5.04. The summed E-state index contributed by atoms with van der Waals surface area (Å²) in [6.07, 6.45) is 0. The van der Waals surface area contributed by atoms with E-state index in [2.05, 4.69) is 37.0 Å². The molecule has 0 fully saturated rings. The van der Waals surface area contributed by atoms with Gasteiger partial charge in [-0.3, -0.25) is 4.79 Å². The predicted molar refractivity (Wildman–Crippen MR) is 101 cm³/mol. The van der Waals surface area contributed by atoms with Crippen molar-refractivity contribution in [2.24, 2.45) is 16.7 Å². The molecule has 1 aromatic heterocycles. The summed E-state index contributed by atoms with van der Waals surface area (Å²) in [6.45, 7) is 0. The molecule has 0 unspecified atom stereocenters. The largest absolute Gasteiger partial charge is 0.421 e. The van der Waals surface area contributed by atoms with Crippen LogP contribution >= 0.6 is 60.6 Å². The fourth-order valence-corrected chi connectivity index (χ4v) is 3.45. The molecule has 0 atom stereocenters. The number of rotatable bonds is 3. The minimum atomic E-state index is -0.695. The third-order valence-electron chi connectivity index (χ3n) is 2.53. The fourth-order valence-electron chi connectivity index (χ4n) is 1.61. The van der Waals surface area contributed by atoms with E-state index in [4.69, 9.17) is 16.0 Å². The van der Waals surface area contributed by atoms with Gasteiger partial charge in [-0.05, 0) is 34.1 Å². The zero-order chi connectivity index (χ0) is 15.6. The lowest BCUT2D eigenvalue weighted by Gasteiger charge is -2.04. The van der Waals surface area contributed by atoms with Crippen LogP contribution in [0.4, 0.5) is 0 Å². The first-order chi connectivity index (χ1) is 9.92. The summed E-state index contributed by atoms with van der Waals surface area (Å²) in [5, 5.41) is 3.94. The van der Waals surface area contributed by atoms with Crippen LogP contribution in [-0.4, -0.2) is 16.7 Å². The first-order valence-corrected chi connectivity index (χ1v) is 8.11. The van der Waals surface area contributed by atoms with Crippen LogP contribution in [0.2, 0.25) is 0 Å². The van der Waals surface area contributed by atoms with Crippen molar-refractivity contribution in [3.05, 3.63) is 43.1 Å². The quantitative estimate of drug-likeness (QED) is 0.162. The summed E-state index contributed by atoms with van der Waals surface area (Å²) in [5.74, 6) is 4.53. The Labute approximate surface area is 156 Å². The normalized spacial score (nSPS) is 11.3. The van der Waals surface area contributed by atoms with Gasteiger partial charge in [0.1, 0.15) is 5.56 Å². The van der Waals surface area contributed by atoms with Gasteiger partial charge in [0, 0.05) is 9.86 Å². The Morgan fingerprint density at radius 3 is 2.64 bits per heavy atom. The molecule has 4 N–H and O–H groups in total.